The molecule has 1 atom stereocenters. The van der Waals surface area contributed by atoms with Crippen molar-refractivity contribution < 1.29 is 45.5 Å². The number of ether oxygens (including phenoxy) is 1. The molecule has 2 aromatic rings. The fraction of sp³-hybridized carbons (Fsp3) is 0.211. The summed E-state index contributed by atoms with van der Waals surface area (Å²) in [6, 6.07) is 4.32. The van der Waals surface area contributed by atoms with Crippen LogP contribution in [0.2, 0.25) is 0 Å². The van der Waals surface area contributed by atoms with Crippen molar-refractivity contribution in [2.24, 2.45) is 0 Å². The first-order chi connectivity index (χ1) is 14.8. The molecule has 0 bridgehead atoms. The van der Waals surface area contributed by atoms with E-state index in [2.05, 4.69) is 15.4 Å². The van der Waals surface area contributed by atoms with E-state index >= 15 is 0 Å². The molecule has 0 spiro atoms. The van der Waals surface area contributed by atoms with Crippen LogP contribution in [0.25, 0.3) is 11.1 Å². The number of carbonyl (C=O) groups excluding carboxylic acids is 3. The van der Waals surface area contributed by atoms with E-state index in [1.807, 2.05) is 5.32 Å². The molecule has 1 fully saturated rings. The van der Waals surface area contributed by atoms with Gasteiger partial charge in [0.2, 0.25) is 0 Å². The first-order valence-corrected chi connectivity index (χ1v) is 8.80. The summed E-state index contributed by atoms with van der Waals surface area (Å²) in [5.74, 6) is -2.22. The highest BCUT2D eigenvalue weighted by molar-refractivity contribution is 6.05. The molecule has 1 aliphatic rings. The average Bonchev–Trinajstić information content (AvgIpc) is 3.01. The molecule has 3 N–H and O–H groups in total. The summed E-state index contributed by atoms with van der Waals surface area (Å²) in [5, 5.41) is 6.55. The Morgan fingerprint density at radius 2 is 1.66 bits per heavy atom. The largest absolute Gasteiger partial charge is 0.573 e. The zero-order chi connectivity index (χ0) is 23.7. The molecular weight excluding hydrogens is 448 g/mol. The standard InChI is InChI=1S/C19H13F6N3O4/c20-18(21,22)10-3-1-9(2-4-10)13-7-11(32-19(23,24)25)5-6-12(13)15(29)26-8-14-16(30)28-17(31)27-14/h1-7,14H,8H2,(H,26,29)(H2,27,28,30,31). The molecule has 4 amide bonds. The van der Waals surface area contributed by atoms with Gasteiger partial charge in [-0.05, 0) is 41.5 Å². The van der Waals surface area contributed by atoms with Crippen LogP contribution in [0, 0.1) is 0 Å². The van der Waals surface area contributed by atoms with Crippen LogP contribution in [0.1, 0.15) is 15.9 Å². The predicted octanol–water partition coefficient (Wildman–Crippen LogP) is 3.21. The maximum atomic E-state index is 12.8. The molecule has 1 aliphatic heterocycles. The first kappa shape index (κ1) is 22.9. The molecule has 3 rings (SSSR count). The smallest absolute Gasteiger partial charge is 0.406 e. The van der Waals surface area contributed by atoms with Gasteiger partial charge in [0.25, 0.3) is 11.8 Å². The second kappa shape index (κ2) is 8.40. The molecule has 0 aromatic heterocycles. The zero-order valence-electron chi connectivity index (χ0n) is 15.7. The molecule has 170 valence electrons. The van der Waals surface area contributed by atoms with Crippen LogP contribution in [0.3, 0.4) is 0 Å². The van der Waals surface area contributed by atoms with Gasteiger partial charge in [0, 0.05) is 12.1 Å². The summed E-state index contributed by atoms with van der Waals surface area (Å²) in [6.45, 7) is -0.330. The Balaban J connectivity index is 1.91. The SMILES string of the molecule is O=C1NC(=O)C(CNC(=O)c2ccc(OC(F)(F)F)cc2-c2ccc(C(F)(F)F)cc2)N1. The number of urea groups is 1. The maximum Gasteiger partial charge on any atom is 0.573 e. The molecule has 1 heterocycles. The number of hydrogen-bond donors (Lipinski definition) is 3. The van der Waals surface area contributed by atoms with Crippen molar-refractivity contribution in [2.75, 3.05) is 6.54 Å². The van der Waals surface area contributed by atoms with Gasteiger partial charge in [-0.1, -0.05) is 12.1 Å². The molecule has 2 aromatic carbocycles. The Bertz CT molecular complexity index is 1050. The van der Waals surface area contributed by atoms with Crippen molar-refractivity contribution in [1.82, 2.24) is 16.0 Å². The molecule has 32 heavy (non-hydrogen) atoms. The normalized spacial score (nSPS) is 16.4. The van der Waals surface area contributed by atoms with E-state index in [4.69, 9.17) is 0 Å². The third kappa shape index (κ3) is 5.47. The summed E-state index contributed by atoms with van der Waals surface area (Å²) in [5.41, 5.74) is -1.30. The van der Waals surface area contributed by atoms with E-state index in [1.54, 1.807) is 0 Å². The van der Waals surface area contributed by atoms with Crippen LogP contribution in [0.4, 0.5) is 31.1 Å². The number of nitrogens with one attached hydrogen (secondary N) is 3. The van der Waals surface area contributed by atoms with E-state index in [0.717, 1.165) is 30.3 Å². The van der Waals surface area contributed by atoms with Gasteiger partial charge < -0.3 is 15.4 Å². The van der Waals surface area contributed by atoms with E-state index in [0.29, 0.717) is 12.1 Å². The Morgan fingerprint density at radius 1 is 1.00 bits per heavy atom. The number of alkyl halides is 6. The zero-order valence-corrected chi connectivity index (χ0v) is 15.7. The van der Waals surface area contributed by atoms with Crippen LogP contribution in [-0.4, -0.2) is 36.8 Å². The van der Waals surface area contributed by atoms with Crippen LogP contribution in [0.15, 0.2) is 42.5 Å². The Labute approximate surface area is 175 Å². The fourth-order valence-electron chi connectivity index (χ4n) is 2.89. The number of rotatable bonds is 5. The first-order valence-electron chi connectivity index (χ1n) is 8.80. The minimum absolute atomic E-state index is 0.0164. The molecule has 1 unspecified atom stereocenters. The molecule has 0 saturated carbocycles. The van der Waals surface area contributed by atoms with E-state index in [9.17, 15) is 40.7 Å². The minimum Gasteiger partial charge on any atom is -0.406 e. The van der Waals surface area contributed by atoms with Gasteiger partial charge >= 0.3 is 18.6 Å². The van der Waals surface area contributed by atoms with Crippen molar-refractivity contribution in [3.05, 3.63) is 53.6 Å². The number of benzene rings is 2. The van der Waals surface area contributed by atoms with Crippen molar-refractivity contribution in [2.45, 2.75) is 18.6 Å². The summed E-state index contributed by atoms with van der Waals surface area (Å²) < 4.78 is 80.0. The highest BCUT2D eigenvalue weighted by atomic mass is 19.4. The second-order valence-corrected chi connectivity index (χ2v) is 6.56. The molecule has 7 nitrogen and oxygen atoms in total. The van der Waals surface area contributed by atoms with Gasteiger partial charge in [0.15, 0.2) is 0 Å². The Kier molecular flexibility index (Phi) is 6.01. The fourth-order valence-corrected chi connectivity index (χ4v) is 2.89. The summed E-state index contributed by atoms with van der Waals surface area (Å²) in [7, 11) is 0. The monoisotopic (exact) mass is 461 g/mol. The lowest BCUT2D eigenvalue weighted by Crippen LogP contribution is -2.41. The quantitative estimate of drug-likeness (QED) is 0.471. The van der Waals surface area contributed by atoms with Gasteiger partial charge in [-0.2, -0.15) is 13.2 Å². The number of halogens is 6. The number of amides is 4. The van der Waals surface area contributed by atoms with Crippen LogP contribution in [0.5, 0.6) is 5.75 Å². The van der Waals surface area contributed by atoms with Crippen LogP contribution < -0.4 is 20.7 Å². The maximum absolute atomic E-state index is 12.8. The van der Waals surface area contributed by atoms with Crippen LogP contribution >= 0.6 is 0 Å². The topological polar surface area (TPSA) is 96.5 Å². The molecule has 0 aliphatic carbocycles. The molecule has 0 radical (unpaired) electrons. The molecule has 13 heteroatoms. The second-order valence-electron chi connectivity index (χ2n) is 6.56. The van der Waals surface area contributed by atoms with E-state index in [1.165, 1.54) is 0 Å². The van der Waals surface area contributed by atoms with Gasteiger partial charge in [0.1, 0.15) is 11.8 Å². The predicted molar refractivity (Wildman–Crippen MR) is 96.4 cm³/mol. The van der Waals surface area contributed by atoms with Crippen molar-refractivity contribution in [3.63, 3.8) is 0 Å². The number of imide groups is 1. The van der Waals surface area contributed by atoms with Crippen molar-refractivity contribution in [1.29, 1.82) is 0 Å². The van der Waals surface area contributed by atoms with E-state index < -0.39 is 47.7 Å². The van der Waals surface area contributed by atoms with Gasteiger partial charge in [-0.25, -0.2) is 4.79 Å². The lowest BCUT2D eigenvalue weighted by molar-refractivity contribution is -0.274. The highest BCUT2D eigenvalue weighted by Crippen LogP contribution is 2.34. The molecule has 1 saturated heterocycles. The number of hydrogen-bond acceptors (Lipinski definition) is 4. The summed E-state index contributed by atoms with van der Waals surface area (Å²) in [4.78, 5) is 35.3. The highest BCUT2D eigenvalue weighted by Gasteiger charge is 2.33. The average molecular weight is 461 g/mol. The minimum atomic E-state index is -5.03. The Morgan fingerprint density at radius 3 is 2.19 bits per heavy atom. The number of carbonyl (C=O) groups is 3. The van der Waals surface area contributed by atoms with Gasteiger partial charge in [-0.3, -0.25) is 14.9 Å². The van der Waals surface area contributed by atoms with Gasteiger partial charge in [-0.15, -0.1) is 13.2 Å². The van der Waals surface area contributed by atoms with Crippen molar-refractivity contribution >= 4 is 17.8 Å². The molecular formula is C19H13F6N3O4. The van der Waals surface area contributed by atoms with Crippen molar-refractivity contribution in [3.8, 4) is 16.9 Å². The third-order valence-corrected chi connectivity index (χ3v) is 4.32. The summed E-state index contributed by atoms with van der Waals surface area (Å²) in [6.07, 6.45) is -9.67. The summed E-state index contributed by atoms with van der Waals surface area (Å²) >= 11 is 0. The lowest BCUT2D eigenvalue weighted by Gasteiger charge is -2.15. The van der Waals surface area contributed by atoms with E-state index in [-0.39, 0.29) is 23.2 Å². The third-order valence-electron chi connectivity index (χ3n) is 4.32. The van der Waals surface area contributed by atoms with Crippen LogP contribution in [-0.2, 0) is 11.0 Å². The van der Waals surface area contributed by atoms with Gasteiger partial charge in [0.05, 0.1) is 5.56 Å². The Hall–Kier alpha value is -3.77. The lowest BCUT2D eigenvalue weighted by atomic mass is 9.97.